The zero-order valence-electron chi connectivity index (χ0n) is 19.4. The lowest BCUT2D eigenvalue weighted by molar-refractivity contribution is 0.0618. The van der Waals surface area contributed by atoms with Crippen molar-refractivity contribution in [1.29, 1.82) is 0 Å². The molecule has 1 aliphatic rings. The van der Waals surface area contributed by atoms with E-state index in [1.54, 1.807) is 6.20 Å². The van der Waals surface area contributed by atoms with Crippen molar-refractivity contribution in [2.45, 2.75) is 45.1 Å². The zero-order chi connectivity index (χ0) is 23.5. The van der Waals surface area contributed by atoms with Crippen LogP contribution in [0.1, 0.15) is 47.3 Å². The van der Waals surface area contributed by atoms with Crippen molar-refractivity contribution < 1.29 is 9.90 Å². The largest absolute Gasteiger partial charge is 0.396 e. The number of amides is 1. The first-order valence-electron chi connectivity index (χ1n) is 11.9. The quantitative estimate of drug-likeness (QED) is 0.389. The number of carbonyl (C=O) groups excluding carboxylic acids is 1. The maximum Gasteiger partial charge on any atom is 0.251 e. The molecule has 1 fully saturated rings. The van der Waals surface area contributed by atoms with Gasteiger partial charge in [0.1, 0.15) is 5.69 Å². The Bertz CT molecular complexity index is 1300. The summed E-state index contributed by atoms with van der Waals surface area (Å²) in [5.74, 6) is -0.0848. The summed E-state index contributed by atoms with van der Waals surface area (Å²) < 4.78 is 0. The van der Waals surface area contributed by atoms with Gasteiger partial charge in [-0.15, -0.1) is 0 Å². The Morgan fingerprint density at radius 1 is 1.18 bits per heavy atom. The Labute approximate surface area is 199 Å². The minimum absolute atomic E-state index is 0.0412. The van der Waals surface area contributed by atoms with E-state index in [0.717, 1.165) is 60.0 Å². The average molecular weight is 455 g/mol. The Hall–Kier alpha value is -3.51. The molecule has 2 aromatic heterocycles. The predicted octanol–water partition coefficient (Wildman–Crippen LogP) is 4.83. The fraction of sp³-hybridized carbons (Fsp3) is 0.321. The third kappa shape index (κ3) is 4.59. The number of nitrogens with zero attached hydrogens (tertiary/aromatic N) is 2. The summed E-state index contributed by atoms with van der Waals surface area (Å²) in [7, 11) is 0. The van der Waals surface area contributed by atoms with E-state index in [2.05, 4.69) is 32.6 Å². The first-order valence-corrected chi connectivity index (χ1v) is 11.9. The van der Waals surface area contributed by atoms with E-state index in [4.69, 9.17) is 0 Å². The second-order valence-corrected chi connectivity index (χ2v) is 9.61. The Morgan fingerprint density at radius 2 is 2.03 bits per heavy atom. The highest BCUT2D eigenvalue weighted by Gasteiger charge is 2.36. The maximum atomic E-state index is 13.2. The van der Waals surface area contributed by atoms with Crippen molar-refractivity contribution in [3.05, 3.63) is 83.7 Å². The Morgan fingerprint density at radius 3 is 2.82 bits per heavy atom. The highest BCUT2D eigenvalue weighted by atomic mass is 16.3. The van der Waals surface area contributed by atoms with Crippen LogP contribution in [0.5, 0.6) is 0 Å². The first kappa shape index (κ1) is 22.3. The lowest BCUT2D eigenvalue weighted by Gasteiger charge is -2.40. The number of H-pyrrole nitrogens is 1. The number of nitrogens with one attached hydrogen (secondary N) is 2. The van der Waals surface area contributed by atoms with Crippen LogP contribution in [-0.2, 0) is 6.42 Å². The third-order valence-corrected chi connectivity index (χ3v) is 7.03. The fourth-order valence-corrected chi connectivity index (χ4v) is 5.30. The summed E-state index contributed by atoms with van der Waals surface area (Å²) in [5.41, 5.74) is 5.24. The molecule has 34 heavy (non-hydrogen) atoms. The number of aromatic nitrogens is 3. The molecule has 1 aliphatic carbocycles. The molecule has 0 spiro atoms. The SMILES string of the molecule is Cc1cc(-c2n[nH]c3ccc(C(=O)NC4CCCC(CO)(Cc5ccccc5)C4)cc23)ccn1. The number of pyridine rings is 1. The molecule has 0 bridgehead atoms. The molecule has 2 unspecified atom stereocenters. The van der Waals surface area contributed by atoms with Gasteiger partial charge in [-0.25, -0.2) is 0 Å². The fourth-order valence-electron chi connectivity index (χ4n) is 5.30. The van der Waals surface area contributed by atoms with Gasteiger partial charge in [0.2, 0.25) is 0 Å². The molecule has 0 saturated heterocycles. The number of fused-ring (bicyclic) bond motifs is 1. The van der Waals surface area contributed by atoms with Crippen LogP contribution >= 0.6 is 0 Å². The van der Waals surface area contributed by atoms with Crippen molar-refractivity contribution in [2.75, 3.05) is 6.61 Å². The minimum atomic E-state index is -0.196. The summed E-state index contributed by atoms with van der Waals surface area (Å²) in [6, 6.07) is 19.9. The van der Waals surface area contributed by atoms with Crippen LogP contribution in [-0.4, -0.2) is 38.8 Å². The Kier molecular flexibility index (Phi) is 6.16. The van der Waals surface area contributed by atoms with Crippen LogP contribution in [0.3, 0.4) is 0 Å². The molecule has 2 aromatic carbocycles. The number of aliphatic hydroxyl groups excluding tert-OH is 1. The van der Waals surface area contributed by atoms with Gasteiger partial charge in [0.25, 0.3) is 5.91 Å². The van der Waals surface area contributed by atoms with Gasteiger partial charge >= 0.3 is 0 Å². The van der Waals surface area contributed by atoms with Gasteiger partial charge in [-0.1, -0.05) is 36.8 Å². The van der Waals surface area contributed by atoms with Crippen LogP contribution < -0.4 is 5.32 Å². The first-order chi connectivity index (χ1) is 16.5. The molecule has 2 atom stereocenters. The predicted molar refractivity (Wildman–Crippen MR) is 133 cm³/mol. The van der Waals surface area contributed by atoms with Gasteiger partial charge in [0.15, 0.2) is 0 Å². The van der Waals surface area contributed by atoms with Gasteiger partial charge in [-0.2, -0.15) is 5.10 Å². The van der Waals surface area contributed by atoms with E-state index >= 15 is 0 Å². The number of aliphatic hydroxyl groups is 1. The third-order valence-electron chi connectivity index (χ3n) is 7.03. The summed E-state index contributed by atoms with van der Waals surface area (Å²) >= 11 is 0. The average Bonchev–Trinajstić information content (AvgIpc) is 3.28. The van der Waals surface area contributed by atoms with E-state index < -0.39 is 0 Å². The Balaban J connectivity index is 1.34. The lowest BCUT2D eigenvalue weighted by atomic mass is 9.69. The molecule has 1 amide bonds. The van der Waals surface area contributed by atoms with E-state index in [9.17, 15) is 9.90 Å². The molecule has 3 N–H and O–H groups in total. The second-order valence-electron chi connectivity index (χ2n) is 9.61. The highest BCUT2D eigenvalue weighted by molar-refractivity contribution is 6.01. The zero-order valence-corrected chi connectivity index (χ0v) is 19.4. The number of rotatable bonds is 6. The molecule has 4 aromatic rings. The molecule has 1 saturated carbocycles. The molecule has 174 valence electrons. The van der Waals surface area contributed by atoms with Gasteiger partial charge in [-0.3, -0.25) is 14.9 Å². The van der Waals surface area contributed by atoms with Crippen LogP contribution in [0.2, 0.25) is 0 Å². The minimum Gasteiger partial charge on any atom is -0.396 e. The summed E-state index contributed by atoms with van der Waals surface area (Å²) in [5, 5.41) is 22.0. The van der Waals surface area contributed by atoms with Crippen LogP contribution in [0.15, 0.2) is 66.9 Å². The lowest BCUT2D eigenvalue weighted by Crippen LogP contribution is -2.44. The number of carbonyl (C=O) groups is 1. The van der Waals surface area contributed by atoms with Gasteiger partial charge < -0.3 is 10.4 Å². The van der Waals surface area contributed by atoms with Crippen LogP contribution in [0.4, 0.5) is 0 Å². The van der Waals surface area contributed by atoms with Crippen molar-refractivity contribution in [3.8, 4) is 11.3 Å². The molecular formula is C28H30N4O2. The van der Waals surface area contributed by atoms with Crippen LogP contribution in [0.25, 0.3) is 22.2 Å². The topological polar surface area (TPSA) is 90.9 Å². The molecule has 0 radical (unpaired) electrons. The molecule has 0 aliphatic heterocycles. The van der Waals surface area contributed by atoms with Crippen molar-refractivity contribution in [3.63, 3.8) is 0 Å². The van der Waals surface area contributed by atoms with E-state index in [1.165, 1.54) is 5.56 Å². The maximum absolute atomic E-state index is 13.2. The monoisotopic (exact) mass is 454 g/mol. The van der Waals surface area contributed by atoms with E-state index in [1.807, 2.05) is 55.5 Å². The van der Waals surface area contributed by atoms with Gasteiger partial charge in [0.05, 0.1) is 5.52 Å². The van der Waals surface area contributed by atoms with Crippen molar-refractivity contribution >= 4 is 16.8 Å². The summed E-state index contributed by atoms with van der Waals surface area (Å²) in [6.07, 6.45) is 6.27. The summed E-state index contributed by atoms with van der Waals surface area (Å²) in [6.45, 7) is 2.08. The normalized spacial score (nSPS) is 20.4. The number of hydrogen-bond donors (Lipinski definition) is 3. The molecule has 6 heteroatoms. The number of hydrogen-bond acceptors (Lipinski definition) is 4. The highest BCUT2D eigenvalue weighted by Crippen LogP contribution is 2.39. The molecule has 2 heterocycles. The van der Waals surface area contributed by atoms with E-state index in [0.29, 0.717) is 5.56 Å². The van der Waals surface area contributed by atoms with Gasteiger partial charge in [0, 0.05) is 41.1 Å². The molecular weight excluding hydrogens is 424 g/mol. The van der Waals surface area contributed by atoms with Crippen molar-refractivity contribution in [2.24, 2.45) is 5.41 Å². The van der Waals surface area contributed by atoms with Gasteiger partial charge in [-0.05, 0) is 73.9 Å². The number of benzene rings is 2. The molecule has 5 rings (SSSR count). The van der Waals surface area contributed by atoms with Crippen molar-refractivity contribution in [1.82, 2.24) is 20.5 Å². The standard InChI is InChI=1S/C28H30N4O2/c1-19-14-21(11-13-29-19)26-24-15-22(9-10-25(24)31-32-26)27(34)30-23-8-5-12-28(17-23,18-33)16-20-6-3-2-4-7-20/h2-4,6-7,9-11,13-15,23,33H,5,8,12,16-18H2,1H3,(H,30,34)(H,31,32). The van der Waals surface area contributed by atoms with E-state index in [-0.39, 0.29) is 24.0 Å². The second kappa shape index (κ2) is 9.39. The molecule has 6 nitrogen and oxygen atoms in total. The smallest absolute Gasteiger partial charge is 0.251 e. The number of aromatic amines is 1. The van der Waals surface area contributed by atoms with Crippen LogP contribution in [0, 0.1) is 12.3 Å². The summed E-state index contributed by atoms with van der Waals surface area (Å²) in [4.78, 5) is 17.5. The number of aryl methyl sites for hydroxylation is 1.